The van der Waals surface area contributed by atoms with Gasteiger partial charge in [0, 0.05) is 18.9 Å². The van der Waals surface area contributed by atoms with Crippen molar-refractivity contribution in [2.75, 3.05) is 0 Å². The maximum Gasteiger partial charge on any atom is 0.240 e. The summed E-state index contributed by atoms with van der Waals surface area (Å²) in [6, 6.07) is 1.95. The second kappa shape index (κ2) is 7.30. The number of benzene rings is 1. The first-order valence-electron chi connectivity index (χ1n) is 7.41. The number of amides is 2. The summed E-state index contributed by atoms with van der Waals surface area (Å²) in [5.41, 5.74) is 5.34. The second-order valence-electron chi connectivity index (χ2n) is 5.76. The Balaban J connectivity index is 2.03. The number of nitrogens with two attached hydrogens (primary N) is 1. The van der Waals surface area contributed by atoms with Crippen molar-refractivity contribution in [2.45, 2.75) is 38.1 Å². The van der Waals surface area contributed by atoms with Crippen molar-refractivity contribution in [3.8, 4) is 0 Å². The molecule has 2 rings (SSSR count). The van der Waals surface area contributed by atoms with Crippen molar-refractivity contribution in [2.24, 2.45) is 11.7 Å². The molecular weight excluding hydrogens is 306 g/mol. The lowest BCUT2D eigenvalue weighted by atomic mass is 9.83. The number of primary amides is 1. The average molecular weight is 324 g/mol. The summed E-state index contributed by atoms with van der Waals surface area (Å²) >= 11 is 0. The zero-order valence-electron chi connectivity index (χ0n) is 12.5. The molecule has 2 amide bonds. The molecule has 0 bridgehead atoms. The molecule has 3 N–H and O–H groups in total. The predicted octanol–water partition coefficient (Wildman–Crippen LogP) is 1.24. The molecule has 5 nitrogen and oxygen atoms in total. The Bertz CT molecular complexity index is 634. The molecule has 0 aliphatic heterocycles. The van der Waals surface area contributed by atoms with Gasteiger partial charge < -0.3 is 11.1 Å². The summed E-state index contributed by atoms with van der Waals surface area (Å²) < 4.78 is 26.4. The van der Waals surface area contributed by atoms with Crippen LogP contribution in [0.15, 0.2) is 18.2 Å². The number of ketones is 1. The lowest BCUT2D eigenvalue weighted by molar-refractivity contribution is -0.130. The van der Waals surface area contributed by atoms with Gasteiger partial charge >= 0.3 is 0 Å². The zero-order valence-corrected chi connectivity index (χ0v) is 12.5. The average Bonchev–Trinajstić information content (AvgIpc) is 2.47. The normalized spacial score (nSPS) is 19.2. The van der Waals surface area contributed by atoms with Crippen LogP contribution in [0.2, 0.25) is 0 Å². The summed E-state index contributed by atoms with van der Waals surface area (Å²) in [7, 11) is 0. The van der Waals surface area contributed by atoms with Crippen LogP contribution in [0.3, 0.4) is 0 Å². The monoisotopic (exact) mass is 324 g/mol. The largest absolute Gasteiger partial charge is 0.368 e. The van der Waals surface area contributed by atoms with E-state index in [2.05, 4.69) is 5.32 Å². The van der Waals surface area contributed by atoms with E-state index in [-0.39, 0.29) is 30.1 Å². The van der Waals surface area contributed by atoms with Crippen molar-refractivity contribution in [3.63, 3.8) is 0 Å². The summed E-state index contributed by atoms with van der Waals surface area (Å²) in [6.45, 7) is 0. The Hall–Kier alpha value is -2.31. The van der Waals surface area contributed by atoms with E-state index in [1.165, 1.54) is 6.07 Å². The molecule has 2 atom stereocenters. The summed E-state index contributed by atoms with van der Waals surface area (Å²) in [5.74, 6) is -3.19. The predicted molar refractivity (Wildman–Crippen MR) is 78.2 cm³/mol. The van der Waals surface area contributed by atoms with E-state index < -0.39 is 29.5 Å². The van der Waals surface area contributed by atoms with Crippen molar-refractivity contribution >= 4 is 17.6 Å². The fraction of sp³-hybridized carbons (Fsp3) is 0.438. The quantitative estimate of drug-likeness (QED) is 0.854. The van der Waals surface area contributed by atoms with Crippen LogP contribution >= 0.6 is 0 Å². The van der Waals surface area contributed by atoms with Crippen LogP contribution in [0.1, 0.15) is 31.2 Å². The highest BCUT2D eigenvalue weighted by atomic mass is 19.1. The third kappa shape index (κ3) is 4.58. The Kier molecular flexibility index (Phi) is 5.41. The van der Waals surface area contributed by atoms with Gasteiger partial charge in [-0.15, -0.1) is 0 Å². The first kappa shape index (κ1) is 17.1. The van der Waals surface area contributed by atoms with Crippen molar-refractivity contribution in [1.29, 1.82) is 0 Å². The van der Waals surface area contributed by atoms with Crippen molar-refractivity contribution in [3.05, 3.63) is 35.4 Å². The standard InChI is InChI=1S/C16H18F2N2O3/c17-11-5-4-9(13(18)8-11)7-14(22)20-15(16(19)23)10-2-1-3-12(21)6-10/h4-5,8,10,15H,1-3,6-7H2,(H2,19,23)(H,20,22)/t10-,15+/m0/s1. The van der Waals surface area contributed by atoms with Gasteiger partial charge in [0.1, 0.15) is 23.5 Å². The number of halogens is 2. The minimum absolute atomic E-state index is 0.0202. The van der Waals surface area contributed by atoms with Gasteiger partial charge in [-0.3, -0.25) is 14.4 Å². The van der Waals surface area contributed by atoms with Crippen LogP contribution in [-0.2, 0) is 20.8 Å². The van der Waals surface area contributed by atoms with E-state index in [1.54, 1.807) is 0 Å². The Labute approximate surface area is 132 Å². The summed E-state index contributed by atoms with van der Waals surface area (Å²) in [5, 5.41) is 2.47. The van der Waals surface area contributed by atoms with Gasteiger partial charge in [0.15, 0.2) is 0 Å². The zero-order chi connectivity index (χ0) is 17.0. The molecule has 1 aromatic carbocycles. The van der Waals surface area contributed by atoms with E-state index >= 15 is 0 Å². The Morgan fingerprint density at radius 1 is 1.35 bits per heavy atom. The molecule has 0 heterocycles. The summed E-state index contributed by atoms with van der Waals surface area (Å²) in [6.07, 6.45) is 1.59. The minimum atomic E-state index is -0.963. The Morgan fingerprint density at radius 3 is 2.70 bits per heavy atom. The van der Waals surface area contributed by atoms with Gasteiger partial charge in [-0.1, -0.05) is 6.07 Å². The minimum Gasteiger partial charge on any atom is -0.368 e. The fourth-order valence-electron chi connectivity index (χ4n) is 2.83. The van der Waals surface area contributed by atoms with Gasteiger partial charge in [-0.05, 0) is 30.4 Å². The molecule has 0 aromatic heterocycles. The van der Waals surface area contributed by atoms with E-state index in [4.69, 9.17) is 5.73 Å². The highest BCUT2D eigenvalue weighted by Gasteiger charge is 2.32. The first-order valence-corrected chi connectivity index (χ1v) is 7.41. The number of hydrogen-bond donors (Lipinski definition) is 2. The SMILES string of the molecule is NC(=O)[C@H](NC(=O)Cc1ccc(F)cc1F)[C@H]1CCCC(=O)C1. The number of carbonyl (C=O) groups excluding carboxylic acids is 3. The maximum atomic E-state index is 13.6. The third-order valence-electron chi connectivity index (χ3n) is 3.98. The smallest absolute Gasteiger partial charge is 0.240 e. The molecule has 23 heavy (non-hydrogen) atoms. The molecule has 0 unspecified atom stereocenters. The molecule has 1 saturated carbocycles. The number of nitrogens with one attached hydrogen (secondary N) is 1. The highest BCUT2D eigenvalue weighted by molar-refractivity contribution is 5.89. The lowest BCUT2D eigenvalue weighted by Gasteiger charge is -2.28. The molecule has 1 fully saturated rings. The number of Topliss-reactive ketones (excluding diaryl/α,β-unsaturated/α-hetero) is 1. The molecular formula is C16H18F2N2O3. The fourth-order valence-corrected chi connectivity index (χ4v) is 2.83. The van der Waals surface area contributed by atoms with Crippen LogP contribution in [-0.4, -0.2) is 23.6 Å². The highest BCUT2D eigenvalue weighted by Crippen LogP contribution is 2.24. The van der Waals surface area contributed by atoms with Gasteiger partial charge in [-0.2, -0.15) is 0 Å². The van der Waals surface area contributed by atoms with Crippen LogP contribution < -0.4 is 11.1 Å². The Morgan fingerprint density at radius 2 is 2.09 bits per heavy atom. The number of hydrogen-bond acceptors (Lipinski definition) is 3. The van der Waals surface area contributed by atoms with E-state index in [1.807, 2.05) is 0 Å². The van der Waals surface area contributed by atoms with E-state index in [9.17, 15) is 23.2 Å². The van der Waals surface area contributed by atoms with Gasteiger partial charge in [0.25, 0.3) is 0 Å². The molecule has 124 valence electrons. The van der Waals surface area contributed by atoms with Crippen LogP contribution in [0.5, 0.6) is 0 Å². The number of rotatable bonds is 5. The molecule has 1 aromatic rings. The van der Waals surface area contributed by atoms with Crippen molar-refractivity contribution in [1.82, 2.24) is 5.32 Å². The van der Waals surface area contributed by atoms with Crippen LogP contribution in [0.25, 0.3) is 0 Å². The topological polar surface area (TPSA) is 89.3 Å². The first-order chi connectivity index (χ1) is 10.9. The molecule has 0 spiro atoms. The molecule has 0 radical (unpaired) electrons. The van der Waals surface area contributed by atoms with Gasteiger partial charge in [-0.25, -0.2) is 8.78 Å². The van der Waals surface area contributed by atoms with Crippen LogP contribution in [0, 0.1) is 17.6 Å². The summed E-state index contributed by atoms with van der Waals surface area (Å²) in [4.78, 5) is 35.1. The molecule has 1 aliphatic rings. The third-order valence-corrected chi connectivity index (χ3v) is 3.98. The molecule has 0 saturated heterocycles. The lowest BCUT2D eigenvalue weighted by Crippen LogP contribution is -2.50. The number of carbonyl (C=O) groups is 3. The van der Waals surface area contributed by atoms with Gasteiger partial charge in [0.05, 0.1) is 6.42 Å². The second-order valence-corrected chi connectivity index (χ2v) is 5.76. The van der Waals surface area contributed by atoms with E-state index in [0.29, 0.717) is 25.3 Å². The molecule has 7 heteroatoms. The van der Waals surface area contributed by atoms with Gasteiger partial charge in [0.2, 0.25) is 11.8 Å². The van der Waals surface area contributed by atoms with Crippen LogP contribution in [0.4, 0.5) is 8.78 Å². The molecule has 1 aliphatic carbocycles. The van der Waals surface area contributed by atoms with Crippen molar-refractivity contribution < 1.29 is 23.2 Å². The van der Waals surface area contributed by atoms with E-state index in [0.717, 1.165) is 6.07 Å². The maximum absolute atomic E-state index is 13.6.